The van der Waals surface area contributed by atoms with E-state index in [0.717, 1.165) is 23.2 Å². The van der Waals surface area contributed by atoms with Gasteiger partial charge in [0.2, 0.25) is 0 Å². The molecule has 11 heteroatoms. The van der Waals surface area contributed by atoms with E-state index in [1.807, 2.05) is 0 Å². The standard InChI is InChI=1S/C13H9BF4IN3O2/c1-14(19)24-12(23)10-5-11(13(16,17)18)21-22(10)8-2-3-9(15)7(4-8)6-20/h2-4,10H,5H2,1H3. The van der Waals surface area contributed by atoms with Crippen LogP contribution in [0.1, 0.15) is 12.0 Å². The summed E-state index contributed by atoms with van der Waals surface area (Å²) in [4.78, 5) is 12.1. The van der Waals surface area contributed by atoms with Crippen molar-refractivity contribution in [1.29, 1.82) is 5.26 Å². The van der Waals surface area contributed by atoms with Crippen molar-refractivity contribution in [2.24, 2.45) is 5.10 Å². The molecule has 5 nitrogen and oxygen atoms in total. The fourth-order valence-corrected chi connectivity index (χ4v) is 2.33. The zero-order valence-corrected chi connectivity index (χ0v) is 14.3. The third-order valence-electron chi connectivity index (χ3n) is 3.12. The Morgan fingerprint density at radius 1 is 1.54 bits per heavy atom. The van der Waals surface area contributed by atoms with Crippen molar-refractivity contribution in [2.45, 2.75) is 25.5 Å². The average molecular weight is 453 g/mol. The number of nitriles is 1. The fraction of sp³-hybridized carbons (Fsp3) is 0.308. The number of carbonyl (C=O) groups excluding carboxylic acids is 1. The SMILES string of the molecule is CB(I)OC(=O)C1CC(C(F)(F)F)=NN1c1ccc(F)c(C#N)c1. The smallest absolute Gasteiger partial charge is 0.431 e. The molecule has 0 aromatic heterocycles. The van der Waals surface area contributed by atoms with Gasteiger partial charge in [0.15, 0.2) is 6.04 Å². The van der Waals surface area contributed by atoms with Crippen LogP contribution in [-0.4, -0.2) is 28.7 Å². The molecule has 1 aromatic carbocycles. The summed E-state index contributed by atoms with van der Waals surface area (Å²) in [5.74, 6) is -1.71. The molecule has 0 N–H and O–H groups in total. The lowest BCUT2D eigenvalue weighted by molar-refractivity contribution is -0.135. The van der Waals surface area contributed by atoms with Gasteiger partial charge >= 0.3 is 16.9 Å². The number of alkyl halides is 3. The molecule has 1 heterocycles. The summed E-state index contributed by atoms with van der Waals surface area (Å²) < 4.78 is 56.6. The highest BCUT2D eigenvalue weighted by Gasteiger charge is 2.46. The van der Waals surface area contributed by atoms with Gasteiger partial charge in [0.1, 0.15) is 17.6 Å². The van der Waals surface area contributed by atoms with E-state index >= 15 is 0 Å². The molecule has 0 amide bonds. The molecule has 126 valence electrons. The molecule has 0 fully saturated rings. The van der Waals surface area contributed by atoms with Gasteiger partial charge < -0.3 is 4.65 Å². The van der Waals surface area contributed by atoms with Crippen LogP contribution in [0.5, 0.6) is 0 Å². The molecule has 1 aliphatic heterocycles. The number of nitrogens with zero attached hydrogens (tertiary/aromatic N) is 3. The Labute approximate surface area is 148 Å². The third-order valence-corrected chi connectivity index (χ3v) is 3.38. The molecule has 2 rings (SSSR count). The first kappa shape index (κ1) is 18.5. The minimum absolute atomic E-state index is 0.00439. The average Bonchev–Trinajstić information content (AvgIpc) is 2.92. The lowest BCUT2D eigenvalue weighted by Crippen LogP contribution is -2.38. The first-order chi connectivity index (χ1) is 11.1. The van der Waals surface area contributed by atoms with E-state index in [9.17, 15) is 22.4 Å². The van der Waals surface area contributed by atoms with Crippen molar-refractivity contribution in [1.82, 2.24) is 0 Å². The quantitative estimate of drug-likeness (QED) is 0.401. The Hall–Kier alpha value is -1.84. The third kappa shape index (κ3) is 3.98. The van der Waals surface area contributed by atoms with Crippen LogP contribution in [0.3, 0.4) is 0 Å². The Morgan fingerprint density at radius 3 is 2.75 bits per heavy atom. The van der Waals surface area contributed by atoms with Crippen LogP contribution in [0.2, 0.25) is 6.82 Å². The van der Waals surface area contributed by atoms with E-state index in [0.29, 0.717) is 0 Å². The van der Waals surface area contributed by atoms with Gasteiger partial charge in [-0.05, 0) is 25.0 Å². The number of rotatable bonds is 3. The highest BCUT2D eigenvalue weighted by molar-refractivity contribution is 14.1. The summed E-state index contributed by atoms with van der Waals surface area (Å²) >= 11 is 1.79. The molecule has 0 bridgehead atoms. The highest BCUT2D eigenvalue weighted by Crippen LogP contribution is 2.32. The zero-order chi connectivity index (χ0) is 18.1. The fourth-order valence-electron chi connectivity index (χ4n) is 2.08. The molecule has 0 saturated heterocycles. The van der Waals surface area contributed by atoms with Crippen molar-refractivity contribution in [2.75, 3.05) is 5.01 Å². The maximum Gasteiger partial charge on any atom is 0.431 e. The molecular weight excluding hydrogens is 444 g/mol. The zero-order valence-electron chi connectivity index (χ0n) is 12.1. The minimum atomic E-state index is -4.71. The predicted octanol–water partition coefficient (Wildman–Crippen LogP) is 3.29. The van der Waals surface area contributed by atoms with Crippen LogP contribution >= 0.6 is 22.4 Å². The second-order valence-electron chi connectivity index (χ2n) is 4.86. The Balaban J connectivity index is 2.42. The van der Waals surface area contributed by atoms with Crippen LogP contribution in [0, 0.1) is 17.1 Å². The van der Waals surface area contributed by atoms with Crippen LogP contribution in [0.4, 0.5) is 23.2 Å². The van der Waals surface area contributed by atoms with E-state index in [-0.39, 0.29) is 11.3 Å². The maximum absolute atomic E-state index is 13.4. The van der Waals surface area contributed by atoms with Crippen LogP contribution in [0.25, 0.3) is 0 Å². The Kier molecular flexibility index (Phi) is 5.37. The van der Waals surface area contributed by atoms with Crippen LogP contribution < -0.4 is 5.01 Å². The van der Waals surface area contributed by atoms with E-state index in [1.165, 1.54) is 0 Å². The molecular formula is C13H9BF4IN3O2. The summed E-state index contributed by atoms with van der Waals surface area (Å²) in [6.07, 6.45) is -5.40. The molecule has 1 aromatic rings. The van der Waals surface area contributed by atoms with Gasteiger partial charge in [0.25, 0.3) is 0 Å². The van der Waals surface area contributed by atoms with Crippen molar-refractivity contribution in [3.8, 4) is 6.07 Å². The Morgan fingerprint density at radius 2 is 2.21 bits per heavy atom. The predicted molar refractivity (Wildman–Crippen MR) is 87.2 cm³/mol. The molecule has 0 aliphatic carbocycles. The monoisotopic (exact) mass is 453 g/mol. The lowest BCUT2D eigenvalue weighted by atomic mass is 10.1. The van der Waals surface area contributed by atoms with Gasteiger partial charge in [-0.1, -0.05) is 22.4 Å². The summed E-state index contributed by atoms with van der Waals surface area (Å²) in [5.41, 5.74) is -1.51. The topological polar surface area (TPSA) is 65.7 Å². The van der Waals surface area contributed by atoms with Crippen molar-refractivity contribution < 1.29 is 27.0 Å². The largest absolute Gasteiger partial charge is 0.524 e. The summed E-state index contributed by atoms with van der Waals surface area (Å²) in [6, 6.07) is 3.36. The Bertz CT molecular complexity index is 733. The van der Waals surface area contributed by atoms with E-state index in [2.05, 4.69) is 5.10 Å². The molecule has 1 aliphatic rings. The second kappa shape index (κ2) is 6.96. The van der Waals surface area contributed by atoms with E-state index in [4.69, 9.17) is 9.92 Å². The number of anilines is 1. The summed E-state index contributed by atoms with van der Waals surface area (Å²) in [7, 11) is 0. The first-order valence-electron chi connectivity index (χ1n) is 6.61. The summed E-state index contributed by atoms with van der Waals surface area (Å²) in [5, 5.41) is 13.1. The molecule has 24 heavy (non-hydrogen) atoms. The van der Waals surface area contributed by atoms with Crippen molar-refractivity contribution >= 4 is 44.5 Å². The van der Waals surface area contributed by atoms with E-state index in [1.54, 1.807) is 35.3 Å². The molecule has 0 radical (unpaired) electrons. The number of carbonyl (C=O) groups is 1. The first-order valence-corrected chi connectivity index (χ1v) is 7.86. The van der Waals surface area contributed by atoms with Crippen LogP contribution in [0.15, 0.2) is 23.3 Å². The molecule has 0 saturated carbocycles. The molecule has 1 atom stereocenters. The maximum atomic E-state index is 13.4. The van der Waals surface area contributed by atoms with Crippen molar-refractivity contribution in [3.63, 3.8) is 0 Å². The number of benzene rings is 1. The van der Waals surface area contributed by atoms with Gasteiger partial charge in [-0.3, -0.25) is 9.80 Å². The number of hydrazone groups is 1. The second-order valence-corrected chi connectivity index (χ2v) is 6.62. The normalized spacial score (nSPS) is 17.3. The van der Waals surface area contributed by atoms with Crippen LogP contribution in [-0.2, 0) is 9.45 Å². The number of halogens is 5. The van der Waals surface area contributed by atoms with E-state index < -0.39 is 40.9 Å². The lowest BCUT2D eigenvalue weighted by Gasteiger charge is -2.22. The van der Waals surface area contributed by atoms with Gasteiger partial charge in [-0.15, -0.1) is 0 Å². The van der Waals surface area contributed by atoms with Gasteiger partial charge in [-0.25, -0.2) is 4.39 Å². The number of hydrogen-bond acceptors (Lipinski definition) is 5. The van der Waals surface area contributed by atoms with Gasteiger partial charge in [0, 0.05) is 6.42 Å². The minimum Gasteiger partial charge on any atom is -0.524 e. The van der Waals surface area contributed by atoms with Gasteiger partial charge in [0.05, 0.1) is 11.3 Å². The molecule has 0 spiro atoms. The summed E-state index contributed by atoms with van der Waals surface area (Å²) in [6.45, 7) is 1.55. The molecule has 1 unspecified atom stereocenters. The number of hydrogen-bond donors (Lipinski definition) is 0. The highest BCUT2D eigenvalue weighted by atomic mass is 127. The van der Waals surface area contributed by atoms with Crippen molar-refractivity contribution in [3.05, 3.63) is 29.6 Å². The van der Waals surface area contributed by atoms with Gasteiger partial charge in [-0.2, -0.15) is 23.5 Å².